The minimum atomic E-state index is 0.0181. The van der Waals surface area contributed by atoms with Gasteiger partial charge in [-0.3, -0.25) is 5.43 Å². The van der Waals surface area contributed by atoms with Crippen molar-refractivity contribution in [1.29, 1.82) is 0 Å². The van der Waals surface area contributed by atoms with Gasteiger partial charge in [-0.05, 0) is 20.9 Å². The van der Waals surface area contributed by atoms with Gasteiger partial charge in [-0.15, -0.1) is 0 Å². The fourth-order valence-electron chi connectivity index (χ4n) is 1.64. The number of carbonyl (C=O) groups is 1. The van der Waals surface area contributed by atoms with E-state index < -0.39 is 0 Å². The summed E-state index contributed by atoms with van der Waals surface area (Å²) in [5.74, 6) is 0. The number of amides is 2. The first-order valence-corrected chi connectivity index (χ1v) is 5.66. The highest BCUT2D eigenvalue weighted by Crippen LogP contribution is 1.97. The summed E-state index contributed by atoms with van der Waals surface area (Å²) in [5, 5.41) is 2.00. The first-order chi connectivity index (χ1) is 7.17. The van der Waals surface area contributed by atoms with Crippen molar-refractivity contribution in [3.63, 3.8) is 0 Å². The lowest BCUT2D eigenvalue weighted by atomic mass is 10.4. The van der Waals surface area contributed by atoms with E-state index in [4.69, 9.17) is 0 Å². The molecule has 0 bridgehead atoms. The Bertz CT molecular complexity index is 198. The summed E-state index contributed by atoms with van der Waals surface area (Å²) in [6.45, 7) is 9.34. The number of hydrogen-bond donors (Lipinski definition) is 1. The van der Waals surface area contributed by atoms with Crippen LogP contribution >= 0.6 is 0 Å². The van der Waals surface area contributed by atoms with Crippen LogP contribution in [0.4, 0.5) is 4.79 Å². The van der Waals surface area contributed by atoms with Crippen molar-refractivity contribution < 1.29 is 4.79 Å². The number of likely N-dealkylation sites (N-methyl/N-ethyl adjacent to an activating group) is 1. The van der Waals surface area contributed by atoms with E-state index >= 15 is 0 Å². The van der Waals surface area contributed by atoms with Crippen molar-refractivity contribution in [1.82, 2.24) is 20.2 Å². The molecular formula is C10H22N4O. The second-order valence-electron chi connectivity index (χ2n) is 3.88. The van der Waals surface area contributed by atoms with Gasteiger partial charge in [-0.2, -0.15) is 0 Å². The smallest absolute Gasteiger partial charge is 0.324 e. The van der Waals surface area contributed by atoms with E-state index in [1.807, 2.05) is 18.9 Å². The molecule has 0 aliphatic carbocycles. The molecule has 1 fully saturated rings. The van der Waals surface area contributed by atoms with Crippen LogP contribution in [-0.2, 0) is 0 Å². The third-order valence-corrected chi connectivity index (χ3v) is 2.81. The molecule has 0 aromatic heterocycles. The Balaban J connectivity index is 2.31. The normalized spacial score (nSPS) is 18.9. The topological polar surface area (TPSA) is 38.8 Å². The number of hydrazine groups is 1. The van der Waals surface area contributed by atoms with E-state index in [1.54, 1.807) is 4.90 Å². The minimum absolute atomic E-state index is 0.0181. The number of carbonyl (C=O) groups excluding carboxylic acids is 1. The fraction of sp³-hybridized carbons (Fsp3) is 0.900. The maximum absolute atomic E-state index is 11.7. The lowest BCUT2D eigenvalue weighted by Gasteiger charge is -2.33. The van der Waals surface area contributed by atoms with Crippen LogP contribution in [0.1, 0.15) is 13.8 Å². The second-order valence-corrected chi connectivity index (χ2v) is 3.88. The Morgan fingerprint density at radius 3 is 2.20 bits per heavy atom. The number of rotatable bonds is 3. The number of hydrogen-bond acceptors (Lipinski definition) is 3. The number of piperazine rings is 1. The van der Waals surface area contributed by atoms with Gasteiger partial charge in [0.2, 0.25) is 0 Å². The molecule has 5 heteroatoms. The summed E-state index contributed by atoms with van der Waals surface area (Å²) in [5.41, 5.74) is 2.94. The summed E-state index contributed by atoms with van der Waals surface area (Å²) in [4.78, 5) is 15.8. The van der Waals surface area contributed by atoms with Crippen molar-refractivity contribution >= 4 is 6.03 Å². The van der Waals surface area contributed by atoms with Crippen molar-refractivity contribution in [2.45, 2.75) is 13.8 Å². The summed E-state index contributed by atoms with van der Waals surface area (Å²) in [7, 11) is 2.10. The lowest BCUT2D eigenvalue weighted by molar-refractivity contribution is 0.100. The van der Waals surface area contributed by atoms with E-state index in [-0.39, 0.29) is 6.03 Å². The molecule has 0 saturated carbocycles. The number of nitrogens with one attached hydrogen (secondary N) is 1. The minimum Gasteiger partial charge on any atom is -0.324 e. The molecule has 1 heterocycles. The maximum atomic E-state index is 11.7. The van der Waals surface area contributed by atoms with Gasteiger partial charge < -0.3 is 9.80 Å². The molecule has 2 amide bonds. The van der Waals surface area contributed by atoms with E-state index in [9.17, 15) is 4.79 Å². The average molecular weight is 214 g/mol. The first-order valence-electron chi connectivity index (χ1n) is 5.66. The van der Waals surface area contributed by atoms with Crippen LogP contribution in [0, 0.1) is 0 Å². The molecule has 1 saturated heterocycles. The third kappa shape index (κ3) is 3.68. The zero-order valence-corrected chi connectivity index (χ0v) is 9.99. The molecule has 0 aromatic rings. The molecule has 0 radical (unpaired) electrons. The average Bonchev–Trinajstić information content (AvgIpc) is 2.23. The van der Waals surface area contributed by atoms with E-state index in [0.29, 0.717) is 0 Å². The third-order valence-electron chi connectivity index (χ3n) is 2.81. The van der Waals surface area contributed by atoms with E-state index in [0.717, 1.165) is 39.3 Å². The number of urea groups is 1. The van der Waals surface area contributed by atoms with Crippen LogP contribution in [0.2, 0.25) is 0 Å². The summed E-state index contributed by atoms with van der Waals surface area (Å²) in [6, 6.07) is 0.0181. The van der Waals surface area contributed by atoms with Crippen molar-refractivity contribution in [2.24, 2.45) is 0 Å². The number of nitrogens with zero attached hydrogens (tertiary/aromatic N) is 3. The molecule has 1 aliphatic heterocycles. The van der Waals surface area contributed by atoms with Crippen molar-refractivity contribution in [3.05, 3.63) is 0 Å². The maximum Gasteiger partial charge on any atom is 0.331 e. The van der Waals surface area contributed by atoms with Crippen LogP contribution in [0.5, 0.6) is 0 Å². The zero-order valence-electron chi connectivity index (χ0n) is 9.99. The predicted molar refractivity (Wildman–Crippen MR) is 60.5 cm³/mol. The quantitative estimate of drug-likeness (QED) is 0.729. The first kappa shape index (κ1) is 12.3. The Morgan fingerprint density at radius 2 is 1.73 bits per heavy atom. The van der Waals surface area contributed by atoms with Gasteiger partial charge in [0.25, 0.3) is 0 Å². The molecule has 1 rings (SSSR count). The molecule has 1 aliphatic rings. The van der Waals surface area contributed by atoms with Crippen LogP contribution in [0.3, 0.4) is 0 Å². The van der Waals surface area contributed by atoms with Gasteiger partial charge in [0, 0.05) is 39.3 Å². The second kappa shape index (κ2) is 5.92. The molecule has 88 valence electrons. The van der Waals surface area contributed by atoms with Gasteiger partial charge in [0.05, 0.1) is 0 Å². The standard InChI is InChI=1S/C10H22N4O/c1-4-13(5-2)10(15)11-14-8-6-12(3)7-9-14/h4-9H2,1-3H3,(H,11,15). The Hall–Kier alpha value is -0.810. The van der Waals surface area contributed by atoms with Crippen LogP contribution in [0.25, 0.3) is 0 Å². The van der Waals surface area contributed by atoms with Gasteiger partial charge in [-0.1, -0.05) is 0 Å². The Morgan fingerprint density at radius 1 is 1.20 bits per heavy atom. The van der Waals surface area contributed by atoms with Crippen LogP contribution < -0.4 is 5.43 Å². The lowest BCUT2D eigenvalue weighted by Crippen LogP contribution is -2.55. The highest BCUT2D eigenvalue weighted by molar-refractivity contribution is 5.73. The summed E-state index contributed by atoms with van der Waals surface area (Å²) < 4.78 is 0. The SMILES string of the molecule is CCN(CC)C(=O)NN1CCN(C)CC1. The largest absolute Gasteiger partial charge is 0.331 e. The van der Waals surface area contributed by atoms with E-state index in [1.165, 1.54) is 0 Å². The molecule has 0 atom stereocenters. The zero-order chi connectivity index (χ0) is 11.3. The molecule has 5 nitrogen and oxygen atoms in total. The van der Waals surface area contributed by atoms with Crippen LogP contribution in [-0.4, -0.2) is 67.2 Å². The Kier molecular flexibility index (Phi) is 4.84. The monoisotopic (exact) mass is 214 g/mol. The summed E-state index contributed by atoms with van der Waals surface area (Å²) >= 11 is 0. The molecule has 0 spiro atoms. The van der Waals surface area contributed by atoms with Gasteiger partial charge in [-0.25, -0.2) is 9.80 Å². The van der Waals surface area contributed by atoms with Gasteiger partial charge >= 0.3 is 6.03 Å². The fourth-order valence-corrected chi connectivity index (χ4v) is 1.64. The van der Waals surface area contributed by atoms with Gasteiger partial charge in [0.1, 0.15) is 0 Å². The predicted octanol–water partition coefficient (Wildman–Crippen LogP) is 0.200. The van der Waals surface area contributed by atoms with Crippen LogP contribution in [0.15, 0.2) is 0 Å². The van der Waals surface area contributed by atoms with Gasteiger partial charge in [0.15, 0.2) is 0 Å². The molecule has 1 N–H and O–H groups in total. The highest BCUT2D eigenvalue weighted by Gasteiger charge is 2.17. The molecule has 0 unspecified atom stereocenters. The van der Waals surface area contributed by atoms with Crippen molar-refractivity contribution in [2.75, 3.05) is 46.3 Å². The van der Waals surface area contributed by atoms with Crippen molar-refractivity contribution in [3.8, 4) is 0 Å². The Labute approximate surface area is 92.0 Å². The highest BCUT2D eigenvalue weighted by atomic mass is 16.2. The van der Waals surface area contributed by atoms with E-state index in [2.05, 4.69) is 17.4 Å². The molecule has 15 heavy (non-hydrogen) atoms. The summed E-state index contributed by atoms with van der Waals surface area (Å²) in [6.07, 6.45) is 0. The molecular weight excluding hydrogens is 192 g/mol. The molecule has 0 aromatic carbocycles.